The van der Waals surface area contributed by atoms with Gasteiger partial charge in [0.05, 0.1) is 5.92 Å². The first-order valence-corrected chi connectivity index (χ1v) is 7.39. The lowest BCUT2D eigenvalue weighted by atomic mass is 9.68. The molecule has 1 amide bonds. The number of carboxylic acid groups (broad SMARTS) is 1. The number of aliphatic carboxylic acids is 1. The van der Waals surface area contributed by atoms with Gasteiger partial charge in [0.25, 0.3) is 0 Å². The molecule has 0 aromatic heterocycles. The van der Waals surface area contributed by atoms with E-state index in [9.17, 15) is 9.59 Å². The minimum Gasteiger partial charge on any atom is -0.481 e. The molecule has 1 saturated carbocycles. The van der Waals surface area contributed by atoms with Gasteiger partial charge in [-0.3, -0.25) is 9.59 Å². The van der Waals surface area contributed by atoms with E-state index in [0.29, 0.717) is 6.42 Å². The second-order valence-corrected chi connectivity index (χ2v) is 6.36. The van der Waals surface area contributed by atoms with Crippen molar-refractivity contribution in [2.45, 2.75) is 59.3 Å². The van der Waals surface area contributed by atoms with Crippen molar-refractivity contribution in [3.63, 3.8) is 0 Å². The van der Waals surface area contributed by atoms with Crippen molar-refractivity contribution < 1.29 is 14.7 Å². The van der Waals surface area contributed by atoms with Crippen molar-refractivity contribution in [2.75, 3.05) is 6.54 Å². The summed E-state index contributed by atoms with van der Waals surface area (Å²) < 4.78 is 0. The molecule has 0 radical (unpaired) electrons. The van der Waals surface area contributed by atoms with Crippen molar-refractivity contribution >= 4 is 11.9 Å². The van der Waals surface area contributed by atoms with Crippen LogP contribution in [0.4, 0.5) is 0 Å². The SMILES string of the molecule is CCCC(CNC(=O)C1CCCCC1(C)C)C(=O)O. The van der Waals surface area contributed by atoms with Crippen LogP contribution in [0.2, 0.25) is 0 Å². The number of nitrogens with one attached hydrogen (secondary N) is 1. The monoisotopic (exact) mass is 269 g/mol. The van der Waals surface area contributed by atoms with Crippen molar-refractivity contribution in [2.24, 2.45) is 17.3 Å². The topological polar surface area (TPSA) is 66.4 Å². The summed E-state index contributed by atoms with van der Waals surface area (Å²) in [6.45, 7) is 6.49. The lowest BCUT2D eigenvalue weighted by Crippen LogP contribution is -2.43. The van der Waals surface area contributed by atoms with Gasteiger partial charge >= 0.3 is 5.97 Å². The Kier molecular flexibility index (Phi) is 5.83. The lowest BCUT2D eigenvalue weighted by Gasteiger charge is -2.37. The largest absolute Gasteiger partial charge is 0.481 e. The van der Waals surface area contributed by atoms with Gasteiger partial charge in [0.1, 0.15) is 0 Å². The van der Waals surface area contributed by atoms with Gasteiger partial charge in [0, 0.05) is 12.5 Å². The number of carbonyl (C=O) groups is 2. The summed E-state index contributed by atoms with van der Waals surface area (Å²) in [7, 11) is 0. The summed E-state index contributed by atoms with van der Waals surface area (Å²) in [6.07, 6.45) is 5.71. The maximum Gasteiger partial charge on any atom is 0.308 e. The Morgan fingerprint density at radius 1 is 1.37 bits per heavy atom. The molecule has 1 aliphatic rings. The maximum absolute atomic E-state index is 12.2. The van der Waals surface area contributed by atoms with Gasteiger partial charge in [-0.15, -0.1) is 0 Å². The molecule has 0 saturated heterocycles. The molecule has 4 heteroatoms. The van der Waals surface area contributed by atoms with Crippen LogP contribution in [-0.4, -0.2) is 23.5 Å². The molecule has 2 unspecified atom stereocenters. The molecule has 19 heavy (non-hydrogen) atoms. The molecule has 4 nitrogen and oxygen atoms in total. The number of hydrogen-bond donors (Lipinski definition) is 2. The molecular weight excluding hydrogens is 242 g/mol. The fourth-order valence-corrected chi connectivity index (χ4v) is 2.99. The zero-order valence-electron chi connectivity index (χ0n) is 12.4. The fraction of sp³-hybridized carbons (Fsp3) is 0.867. The van der Waals surface area contributed by atoms with Crippen LogP contribution in [0.25, 0.3) is 0 Å². The van der Waals surface area contributed by atoms with Crippen molar-refractivity contribution in [3.8, 4) is 0 Å². The first kappa shape index (κ1) is 16.0. The molecule has 0 aliphatic heterocycles. The van der Waals surface area contributed by atoms with Gasteiger partial charge in [-0.05, 0) is 24.7 Å². The highest BCUT2D eigenvalue weighted by Gasteiger charge is 2.37. The van der Waals surface area contributed by atoms with E-state index in [2.05, 4.69) is 19.2 Å². The van der Waals surface area contributed by atoms with E-state index in [4.69, 9.17) is 5.11 Å². The number of rotatable bonds is 6. The summed E-state index contributed by atoms with van der Waals surface area (Å²) in [6, 6.07) is 0. The van der Waals surface area contributed by atoms with E-state index in [-0.39, 0.29) is 23.8 Å². The third-order valence-corrected chi connectivity index (χ3v) is 4.33. The van der Waals surface area contributed by atoms with E-state index >= 15 is 0 Å². The van der Waals surface area contributed by atoms with Crippen LogP contribution in [0.5, 0.6) is 0 Å². The molecule has 0 spiro atoms. The highest BCUT2D eigenvalue weighted by Crippen LogP contribution is 2.40. The summed E-state index contributed by atoms with van der Waals surface area (Å²) in [5, 5.41) is 11.9. The van der Waals surface area contributed by atoms with E-state index in [0.717, 1.165) is 25.7 Å². The van der Waals surface area contributed by atoms with Gasteiger partial charge < -0.3 is 10.4 Å². The first-order valence-electron chi connectivity index (χ1n) is 7.39. The molecule has 0 aromatic rings. The number of amides is 1. The van der Waals surface area contributed by atoms with Crippen LogP contribution < -0.4 is 5.32 Å². The first-order chi connectivity index (χ1) is 8.88. The third kappa shape index (κ3) is 4.51. The van der Waals surface area contributed by atoms with Crippen molar-refractivity contribution in [1.82, 2.24) is 5.32 Å². The van der Waals surface area contributed by atoms with Crippen molar-refractivity contribution in [1.29, 1.82) is 0 Å². The Hall–Kier alpha value is -1.06. The van der Waals surface area contributed by atoms with Gasteiger partial charge in [-0.1, -0.05) is 40.0 Å². The summed E-state index contributed by atoms with van der Waals surface area (Å²) in [5.41, 5.74) is 0.0335. The molecule has 0 heterocycles. The molecule has 2 atom stereocenters. The van der Waals surface area contributed by atoms with Gasteiger partial charge in [-0.25, -0.2) is 0 Å². The van der Waals surface area contributed by atoms with Crippen molar-refractivity contribution in [3.05, 3.63) is 0 Å². The van der Waals surface area contributed by atoms with E-state index < -0.39 is 11.9 Å². The van der Waals surface area contributed by atoms with E-state index in [1.807, 2.05) is 6.92 Å². The van der Waals surface area contributed by atoms with E-state index in [1.54, 1.807) is 0 Å². The van der Waals surface area contributed by atoms with Crippen LogP contribution in [0.1, 0.15) is 59.3 Å². The highest BCUT2D eigenvalue weighted by molar-refractivity contribution is 5.80. The minimum atomic E-state index is -0.815. The molecule has 0 bridgehead atoms. The Morgan fingerprint density at radius 3 is 2.58 bits per heavy atom. The molecule has 0 aromatic carbocycles. The fourth-order valence-electron chi connectivity index (χ4n) is 2.99. The Bertz CT molecular complexity index is 325. The number of carbonyl (C=O) groups excluding carboxylic acids is 1. The predicted octanol–water partition coefficient (Wildman–Crippen LogP) is 2.82. The molecule has 110 valence electrons. The number of carboxylic acids is 1. The van der Waals surface area contributed by atoms with E-state index in [1.165, 1.54) is 6.42 Å². The van der Waals surface area contributed by atoms with Crippen LogP contribution in [0.15, 0.2) is 0 Å². The highest BCUT2D eigenvalue weighted by atomic mass is 16.4. The van der Waals surface area contributed by atoms with Crippen LogP contribution in [0.3, 0.4) is 0 Å². The maximum atomic E-state index is 12.2. The van der Waals surface area contributed by atoms with Gasteiger partial charge in [-0.2, -0.15) is 0 Å². The van der Waals surface area contributed by atoms with Gasteiger partial charge in [0.2, 0.25) is 5.91 Å². The molecular formula is C15H27NO3. The Labute approximate surface area is 116 Å². The van der Waals surface area contributed by atoms with Crippen LogP contribution >= 0.6 is 0 Å². The van der Waals surface area contributed by atoms with Crippen LogP contribution in [0, 0.1) is 17.3 Å². The second-order valence-electron chi connectivity index (χ2n) is 6.36. The smallest absolute Gasteiger partial charge is 0.308 e. The lowest BCUT2D eigenvalue weighted by molar-refractivity contribution is -0.142. The second kappa shape index (κ2) is 6.92. The predicted molar refractivity (Wildman–Crippen MR) is 74.8 cm³/mol. The summed E-state index contributed by atoms with van der Waals surface area (Å²) in [4.78, 5) is 23.3. The number of hydrogen-bond acceptors (Lipinski definition) is 2. The average Bonchev–Trinajstić information content (AvgIpc) is 2.33. The molecule has 1 rings (SSSR count). The standard InChI is InChI=1S/C15H27NO3/c1-4-7-11(14(18)19)10-16-13(17)12-8-5-6-9-15(12,2)3/h11-12H,4-10H2,1-3H3,(H,16,17)(H,18,19). The molecule has 1 fully saturated rings. The zero-order chi connectivity index (χ0) is 14.5. The Balaban J connectivity index is 2.51. The average molecular weight is 269 g/mol. The normalized spacial score (nSPS) is 23.6. The van der Waals surface area contributed by atoms with Crippen LogP contribution in [-0.2, 0) is 9.59 Å². The van der Waals surface area contributed by atoms with Gasteiger partial charge in [0.15, 0.2) is 0 Å². The molecule has 2 N–H and O–H groups in total. The minimum absolute atomic E-state index is 0.0253. The summed E-state index contributed by atoms with van der Waals surface area (Å²) >= 11 is 0. The third-order valence-electron chi connectivity index (χ3n) is 4.33. The molecule has 1 aliphatic carbocycles. The quantitative estimate of drug-likeness (QED) is 0.779. The zero-order valence-corrected chi connectivity index (χ0v) is 12.4. The Morgan fingerprint density at radius 2 is 2.05 bits per heavy atom. The summed E-state index contributed by atoms with van der Waals surface area (Å²) in [5.74, 6) is -1.21.